The lowest BCUT2D eigenvalue weighted by molar-refractivity contribution is -0.127. The molecular formula is C5H10O5. The highest BCUT2D eigenvalue weighted by atomic mass is 16.4. The number of carbonyl (C=O) groups excluding carboxylic acids is 1. The maximum Gasteiger partial charge on any atom is 0.151 e. The van der Waals surface area contributed by atoms with E-state index in [-0.39, 0.29) is 0 Å². The Bertz CT molecular complexity index is 171. The van der Waals surface area contributed by atoms with Crippen molar-refractivity contribution < 1.29 is 28.0 Å². The topological polar surface area (TPSA) is 98.0 Å². The summed E-state index contributed by atoms with van der Waals surface area (Å²) in [6.07, 6.45) is -8.85. The molecule has 0 spiro atoms. The summed E-state index contributed by atoms with van der Waals surface area (Å²) < 4.78 is 13.1. The molecule has 60 valence electrons. The Labute approximate surface area is 60.3 Å². The molecule has 4 N–H and O–H groups in total. The SMILES string of the molecule is [2H]C(=O)[C@]([2H])(O)[C@@H](O)[C@H](O)CO. The van der Waals surface area contributed by atoms with Crippen molar-refractivity contribution in [3.63, 3.8) is 0 Å². The summed E-state index contributed by atoms with van der Waals surface area (Å²) in [5, 5.41) is 34.6. The van der Waals surface area contributed by atoms with Crippen LogP contribution >= 0.6 is 0 Å². The molecule has 3 atom stereocenters. The van der Waals surface area contributed by atoms with Crippen LogP contribution in [0.5, 0.6) is 0 Å². The van der Waals surface area contributed by atoms with E-state index in [4.69, 9.17) is 23.2 Å². The summed E-state index contributed by atoms with van der Waals surface area (Å²) in [4.78, 5) is 10.2. The van der Waals surface area contributed by atoms with Crippen molar-refractivity contribution in [2.24, 2.45) is 0 Å². The quantitative estimate of drug-likeness (QED) is 0.328. The number of hydrogen-bond acceptors (Lipinski definition) is 5. The maximum atomic E-state index is 10.2. The van der Waals surface area contributed by atoms with E-state index in [1.54, 1.807) is 0 Å². The summed E-state index contributed by atoms with van der Waals surface area (Å²) >= 11 is 0. The molecule has 0 radical (unpaired) electrons. The lowest BCUT2D eigenvalue weighted by Crippen LogP contribution is -2.40. The third kappa shape index (κ3) is 2.40. The fourth-order valence-electron chi connectivity index (χ4n) is 0.342. The monoisotopic (exact) mass is 152 g/mol. The minimum absolute atomic E-state index is 0.907. The number of carbonyl (C=O) groups is 1. The van der Waals surface area contributed by atoms with Gasteiger partial charge in [-0.3, -0.25) is 0 Å². The van der Waals surface area contributed by atoms with Gasteiger partial charge in [-0.2, -0.15) is 0 Å². The third-order valence-electron chi connectivity index (χ3n) is 0.936. The van der Waals surface area contributed by atoms with Crippen LogP contribution in [0, 0.1) is 0 Å². The normalized spacial score (nSPS) is 25.6. The number of rotatable bonds is 4. The lowest BCUT2D eigenvalue weighted by Gasteiger charge is -2.16. The van der Waals surface area contributed by atoms with Crippen LogP contribution in [-0.4, -0.2) is 51.6 Å². The van der Waals surface area contributed by atoms with Crippen molar-refractivity contribution in [1.82, 2.24) is 0 Å². The Morgan fingerprint density at radius 3 is 2.40 bits per heavy atom. The molecular weight excluding hydrogens is 140 g/mol. The molecule has 0 amide bonds. The van der Waals surface area contributed by atoms with E-state index in [0.29, 0.717) is 0 Å². The summed E-state index contributed by atoms with van der Waals surface area (Å²) in [6, 6.07) is 0. The third-order valence-corrected chi connectivity index (χ3v) is 0.936. The first-order valence-corrected chi connectivity index (χ1v) is 2.54. The molecule has 0 aromatic rings. The van der Waals surface area contributed by atoms with Gasteiger partial charge in [0.15, 0.2) is 6.26 Å². The largest absolute Gasteiger partial charge is 0.394 e. The number of aldehydes is 1. The molecule has 0 aromatic carbocycles. The molecule has 0 heterocycles. The first-order chi connectivity index (χ1) is 5.34. The molecule has 0 fully saturated rings. The molecule has 0 aliphatic carbocycles. The Balaban J connectivity index is 4.44. The fraction of sp³-hybridized carbons (Fsp3) is 0.800. The van der Waals surface area contributed by atoms with Gasteiger partial charge in [-0.15, -0.1) is 0 Å². The number of hydrogen-bond donors (Lipinski definition) is 4. The van der Waals surface area contributed by atoms with E-state index in [9.17, 15) is 4.79 Å². The van der Waals surface area contributed by atoms with Crippen LogP contribution < -0.4 is 0 Å². The Morgan fingerprint density at radius 1 is 1.60 bits per heavy atom. The molecule has 0 saturated heterocycles. The molecule has 5 nitrogen and oxygen atoms in total. The van der Waals surface area contributed by atoms with Crippen LogP contribution in [0.3, 0.4) is 0 Å². The van der Waals surface area contributed by atoms with Crippen LogP contribution in [0.25, 0.3) is 0 Å². The highest BCUT2D eigenvalue weighted by molar-refractivity contribution is 5.56. The van der Waals surface area contributed by atoms with Gasteiger partial charge in [-0.1, -0.05) is 0 Å². The van der Waals surface area contributed by atoms with Crippen LogP contribution in [0.2, 0.25) is 0 Å². The van der Waals surface area contributed by atoms with Gasteiger partial charge in [0.1, 0.15) is 19.7 Å². The van der Waals surface area contributed by atoms with Crippen molar-refractivity contribution in [2.75, 3.05) is 6.61 Å². The van der Waals surface area contributed by atoms with Crippen molar-refractivity contribution in [1.29, 1.82) is 0 Å². The minimum atomic E-state index is -3.10. The minimum Gasteiger partial charge on any atom is -0.394 e. The van der Waals surface area contributed by atoms with Gasteiger partial charge in [0, 0.05) is 0 Å². The van der Waals surface area contributed by atoms with Crippen molar-refractivity contribution in [2.45, 2.75) is 18.3 Å². The van der Waals surface area contributed by atoms with Gasteiger partial charge >= 0.3 is 0 Å². The Hall–Kier alpha value is -0.490. The van der Waals surface area contributed by atoms with E-state index in [1.165, 1.54) is 0 Å². The smallest absolute Gasteiger partial charge is 0.151 e. The highest BCUT2D eigenvalue weighted by Gasteiger charge is 2.22. The van der Waals surface area contributed by atoms with Gasteiger partial charge in [0.05, 0.1) is 7.98 Å². The molecule has 0 aliphatic rings. The van der Waals surface area contributed by atoms with E-state index in [0.717, 1.165) is 0 Å². The fourth-order valence-corrected chi connectivity index (χ4v) is 0.342. The summed E-state index contributed by atoms with van der Waals surface area (Å²) in [6.45, 7) is -0.907. The average Bonchev–Trinajstić information content (AvgIpc) is 2.01. The number of aliphatic hydroxyl groups is 4. The Morgan fingerprint density at radius 2 is 2.10 bits per heavy atom. The van der Waals surface area contributed by atoms with E-state index < -0.39 is 31.2 Å². The zero-order valence-electron chi connectivity index (χ0n) is 7.06. The summed E-state index contributed by atoms with van der Waals surface area (Å²) in [5.41, 5.74) is 0. The lowest BCUT2D eigenvalue weighted by atomic mass is 10.1. The van der Waals surface area contributed by atoms with Crippen molar-refractivity contribution in [3.05, 3.63) is 0 Å². The summed E-state index contributed by atoms with van der Waals surface area (Å²) in [5.74, 6) is 0. The standard InChI is InChI=1S/C5H10O5/c6-1-3(8)5(10)4(9)2-7/h1,3-5,7-10H,2H2/t3-,4+,5+/m0/s1/i1D,3D. The summed E-state index contributed by atoms with van der Waals surface area (Å²) in [7, 11) is 0. The maximum absolute atomic E-state index is 10.2. The van der Waals surface area contributed by atoms with Gasteiger partial charge in [0.25, 0.3) is 0 Å². The van der Waals surface area contributed by atoms with E-state index in [2.05, 4.69) is 0 Å². The zero-order chi connectivity index (χ0) is 9.94. The molecule has 0 saturated carbocycles. The van der Waals surface area contributed by atoms with Gasteiger partial charge < -0.3 is 25.2 Å². The first-order valence-electron chi connectivity index (χ1n) is 3.54. The highest BCUT2D eigenvalue weighted by Crippen LogP contribution is 1.96. The van der Waals surface area contributed by atoms with Crippen molar-refractivity contribution in [3.8, 4) is 0 Å². The average molecular weight is 152 g/mol. The molecule has 0 aliphatic heterocycles. The van der Waals surface area contributed by atoms with Gasteiger partial charge in [-0.05, 0) is 0 Å². The second-order valence-corrected chi connectivity index (χ2v) is 1.68. The second-order valence-electron chi connectivity index (χ2n) is 1.68. The molecule has 0 rings (SSSR count). The zero-order valence-corrected chi connectivity index (χ0v) is 5.06. The van der Waals surface area contributed by atoms with Crippen LogP contribution in [0.1, 0.15) is 2.74 Å². The molecule has 5 heteroatoms. The van der Waals surface area contributed by atoms with E-state index >= 15 is 0 Å². The predicted molar refractivity (Wildman–Crippen MR) is 31.2 cm³/mol. The molecule has 0 bridgehead atoms. The first kappa shape index (κ1) is 6.23. The Kier molecular flexibility index (Phi) is 2.71. The predicted octanol–water partition coefficient (Wildman–Crippen LogP) is -2.74. The van der Waals surface area contributed by atoms with E-state index in [1.807, 2.05) is 0 Å². The van der Waals surface area contributed by atoms with Gasteiger partial charge in [0.2, 0.25) is 0 Å². The van der Waals surface area contributed by atoms with Crippen LogP contribution in [0.4, 0.5) is 0 Å². The van der Waals surface area contributed by atoms with Gasteiger partial charge in [-0.25, -0.2) is 0 Å². The number of aliphatic hydroxyl groups excluding tert-OH is 3. The molecule has 10 heavy (non-hydrogen) atoms. The van der Waals surface area contributed by atoms with Crippen LogP contribution in [-0.2, 0) is 4.79 Å². The molecule has 0 unspecified atom stereocenters. The molecule has 0 aromatic heterocycles. The second kappa shape index (κ2) is 4.35. The van der Waals surface area contributed by atoms with Crippen molar-refractivity contribution >= 4 is 6.26 Å². The van der Waals surface area contributed by atoms with Crippen LogP contribution in [0.15, 0.2) is 0 Å².